The number of carbonyl (C=O) groups excluding carboxylic acids is 2. The molecule has 9 heteroatoms. The van der Waals surface area contributed by atoms with Gasteiger partial charge in [-0.1, -0.05) is 0 Å². The summed E-state index contributed by atoms with van der Waals surface area (Å²) < 4.78 is 25.1. The van der Waals surface area contributed by atoms with Crippen molar-refractivity contribution < 1.29 is 18.0 Å². The zero-order valence-corrected chi connectivity index (χ0v) is 15.6. The van der Waals surface area contributed by atoms with Crippen molar-refractivity contribution in [2.45, 2.75) is 19.4 Å². The fourth-order valence-corrected chi connectivity index (χ4v) is 3.93. The largest absolute Gasteiger partial charge is 0.344 e. The molecule has 2 amide bonds. The van der Waals surface area contributed by atoms with Crippen LogP contribution in [0.1, 0.15) is 17.5 Å². The van der Waals surface area contributed by atoms with Crippen molar-refractivity contribution in [2.24, 2.45) is 0 Å². The van der Waals surface area contributed by atoms with Crippen LogP contribution in [0.4, 0.5) is 11.4 Å². The molecule has 3 rings (SSSR count). The molecule has 0 fully saturated rings. The number of carbonyl (C=O) groups is 2. The maximum atomic E-state index is 12.1. The number of amides is 2. The van der Waals surface area contributed by atoms with E-state index in [1.165, 1.54) is 10.6 Å². The highest BCUT2D eigenvalue weighted by molar-refractivity contribution is 7.92. The summed E-state index contributed by atoms with van der Waals surface area (Å²) in [6.45, 7) is 0.664. The van der Waals surface area contributed by atoms with Gasteiger partial charge in [0.25, 0.3) is 0 Å². The lowest BCUT2D eigenvalue weighted by atomic mass is 10.0. The molecule has 1 aliphatic rings. The third-order valence-corrected chi connectivity index (χ3v) is 5.40. The number of fused-ring (bicyclic) bond motifs is 1. The molecule has 2 aromatic rings. The molecule has 0 unspecified atom stereocenters. The van der Waals surface area contributed by atoms with Crippen LogP contribution in [0.5, 0.6) is 0 Å². The molecule has 2 heterocycles. The minimum absolute atomic E-state index is 0.224. The summed E-state index contributed by atoms with van der Waals surface area (Å²) >= 11 is 0. The Morgan fingerprint density at radius 3 is 2.59 bits per heavy atom. The van der Waals surface area contributed by atoms with Crippen LogP contribution in [0.3, 0.4) is 0 Å². The number of pyridine rings is 1. The first kappa shape index (κ1) is 18.8. The second kappa shape index (κ2) is 7.75. The van der Waals surface area contributed by atoms with E-state index in [4.69, 9.17) is 0 Å². The van der Waals surface area contributed by atoms with Crippen molar-refractivity contribution in [1.82, 2.24) is 10.3 Å². The lowest BCUT2D eigenvalue weighted by molar-refractivity contribution is -0.136. The number of rotatable bonds is 4. The first-order chi connectivity index (χ1) is 12.8. The number of benzene rings is 1. The van der Waals surface area contributed by atoms with E-state index in [2.05, 4.69) is 15.6 Å². The minimum atomic E-state index is -3.34. The normalized spacial score (nSPS) is 13.6. The van der Waals surface area contributed by atoms with Gasteiger partial charge in [-0.25, -0.2) is 8.42 Å². The van der Waals surface area contributed by atoms with Crippen molar-refractivity contribution in [3.8, 4) is 0 Å². The molecule has 1 aromatic heterocycles. The standard InChI is InChI=1S/C18H20N4O4S/c1-27(25,26)22-10-2-3-14-11-15(4-5-16(14)22)21-18(24)17(23)20-12-13-6-8-19-9-7-13/h4-9,11H,2-3,10,12H2,1H3,(H,20,23)(H,21,24). The summed E-state index contributed by atoms with van der Waals surface area (Å²) in [5, 5.41) is 5.09. The van der Waals surface area contributed by atoms with Crippen LogP contribution in [0.2, 0.25) is 0 Å². The molecule has 8 nitrogen and oxygen atoms in total. The smallest absolute Gasteiger partial charge is 0.313 e. The summed E-state index contributed by atoms with van der Waals surface area (Å²) in [4.78, 5) is 27.9. The Hall–Kier alpha value is -2.94. The predicted octanol–water partition coefficient (Wildman–Crippen LogP) is 1.05. The molecule has 0 aliphatic carbocycles. The first-order valence-corrected chi connectivity index (χ1v) is 10.3. The molecule has 2 N–H and O–H groups in total. The van der Waals surface area contributed by atoms with Crippen LogP contribution in [-0.4, -0.2) is 38.0 Å². The third kappa shape index (κ3) is 4.62. The summed E-state index contributed by atoms with van der Waals surface area (Å²) in [6.07, 6.45) is 5.79. The monoisotopic (exact) mass is 388 g/mol. The Morgan fingerprint density at radius 2 is 1.89 bits per heavy atom. The average molecular weight is 388 g/mol. The Balaban J connectivity index is 1.65. The average Bonchev–Trinajstić information content (AvgIpc) is 2.65. The third-order valence-electron chi connectivity index (χ3n) is 4.22. The molecular formula is C18H20N4O4S. The van der Waals surface area contributed by atoms with Crippen molar-refractivity contribution in [2.75, 3.05) is 22.4 Å². The van der Waals surface area contributed by atoms with Gasteiger partial charge in [-0.2, -0.15) is 0 Å². The molecule has 0 saturated heterocycles. The number of sulfonamides is 1. The Bertz CT molecular complexity index is 961. The zero-order valence-electron chi connectivity index (χ0n) is 14.8. The maximum absolute atomic E-state index is 12.1. The van der Waals surface area contributed by atoms with Gasteiger partial charge < -0.3 is 10.6 Å². The highest BCUT2D eigenvalue weighted by Crippen LogP contribution is 2.31. The van der Waals surface area contributed by atoms with E-state index in [1.807, 2.05) is 0 Å². The first-order valence-electron chi connectivity index (χ1n) is 8.43. The Labute approximate surface area is 157 Å². The predicted molar refractivity (Wildman–Crippen MR) is 102 cm³/mol. The fourth-order valence-electron chi connectivity index (χ4n) is 2.94. The fraction of sp³-hybridized carbons (Fsp3) is 0.278. The Kier molecular flexibility index (Phi) is 5.41. The number of hydrogen-bond donors (Lipinski definition) is 2. The van der Waals surface area contributed by atoms with E-state index in [-0.39, 0.29) is 6.54 Å². The highest BCUT2D eigenvalue weighted by atomic mass is 32.2. The van der Waals surface area contributed by atoms with Crippen molar-refractivity contribution >= 4 is 33.2 Å². The van der Waals surface area contributed by atoms with Crippen LogP contribution >= 0.6 is 0 Å². The van der Waals surface area contributed by atoms with Crippen LogP contribution < -0.4 is 14.9 Å². The topological polar surface area (TPSA) is 108 Å². The SMILES string of the molecule is CS(=O)(=O)N1CCCc2cc(NC(=O)C(=O)NCc3ccncc3)ccc21. The van der Waals surface area contributed by atoms with E-state index in [9.17, 15) is 18.0 Å². The summed E-state index contributed by atoms with van der Waals surface area (Å²) in [5.74, 6) is -1.53. The summed E-state index contributed by atoms with van der Waals surface area (Å²) in [5.41, 5.74) is 2.72. The molecule has 142 valence electrons. The van der Waals surface area contributed by atoms with E-state index in [1.54, 1.807) is 42.7 Å². The minimum Gasteiger partial charge on any atom is -0.344 e. The van der Waals surface area contributed by atoms with Gasteiger partial charge in [0.2, 0.25) is 10.0 Å². The summed E-state index contributed by atoms with van der Waals surface area (Å²) in [6, 6.07) is 8.45. The van der Waals surface area contributed by atoms with Gasteiger partial charge in [0.05, 0.1) is 11.9 Å². The van der Waals surface area contributed by atoms with Gasteiger partial charge in [0, 0.05) is 31.2 Å². The molecule has 0 bridgehead atoms. The maximum Gasteiger partial charge on any atom is 0.313 e. The lowest BCUT2D eigenvalue weighted by Gasteiger charge is -2.29. The molecule has 0 atom stereocenters. The van der Waals surface area contributed by atoms with Crippen LogP contribution in [0, 0.1) is 0 Å². The second-order valence-electron chi connectivity index (χ2n) is 6.27. The van der Waals surface area contributed by atoms with E-state index in [0.717, 1.165) is 11.1 Å². The van der Waals surface area contributed by atoms with Crippen LogP contribution in [-0.2, 0) is 32.6 Å². The molecule has 0 saturated carbocycles. The van der Waals surface area contributed by atoms with Crippen molar-refractivity contribution in [1.29, 1.82) is 0 Å². The van der Waals surface area contributed by atoms with E-state index >= 15 is 0 Å². The molecule has 1 aliphatic heterocycles. The van der Waals surface area contributed by atoms with Gasteiger partial charge >= 0.3 is 11.8 Å². The number of aromatic nitrogens is 1. The number of anilines is 2. The van der Waals surface area contributed by atoms with Crippen molar-refractivity contribution in [3.05, 3.63) is 53.9 Å². The van der Waals surface area contributed by atoms with Gasteiger partial charge in [0.1, 0.15) is 0 Å². The number of nitrogens with zero attached hydrogens (tertiary/aromatic N) is 2. The molecule has 0 spiro atoms. The Morgan fingerprint density at radius 1 is 1.15 bits per heavy atom. The van der Waals surface area contributed by atoms with Gasteiger partial charge in [-0.05, 0) is 54.3 Å². The van der Waals surface area contributed by atoms with E-state index < -0.39 is 21.8 Å². The quantitative estimate of drug-likeness (QED) is 0.761. The van der Waals surface area contributed by atoms with Gasteiger partial charge in [0.15, 0.2) is 0 Å². The number of hydrogen-bond acceptors (Lipinski definition) is 5. The highest BCUT2D eigenvalue weighted by Gasteiger charge is 2.24. The molecule has 0 radical (unpaired) electrons. The number of aryl methyl sites for hydroxylation is 1. The lowest BCUT2D eigenvalue weighted by Crippen LogP contribution is -2.35. The van der Waals surface area contributed by atoms with E-state index in [0.29, 0.717) is 30.8 Å². The molecule has 1 aromatic carbocycles. The van der Waals surface area contributed by atoms with Crippen molar-refractivity contribution in [3.63, 3.8) is 0 Å². The molecule has 27 heavy (non-hydrogen) atoms. The second-order valence-corrected chi connectivity index (χ2v) is 8.18. The molecular weight excluding hydrogens is 368 g/mol. The van der Waals surface area contributed by atoms with Gasteiger partial charge in [-0.3, -0.25) is 18.9 Å². The zero-order chi connectivity index (χ0) is 19.4. The van der Waals surface area contributed by atoms with Crippen LogP contribution in [0.15, 0.2) is 42.7 Å². The summed E-state index contributed by atoms with van der Waals surface area (Å²) in [7, 11) is -3.34. The number of nitrogens with one attached hydrogen (secondary N) is 2. The van der Waals surface area contributed by atoms with Gasteiger partial charge in [-0.15, -0.1) is 0 Å². The van der Waals surface area contributed by atoms with Crippen LogP contribution in [0.25, 0.3) is 0 Å².